The zero-order chi connectivity index (χ0) is 22.5. The first-order valence-electron chi connectivity index (χ1n) is 13.4. The van der Waals surface area contributed by atoms with Crippen molar-refractivity contribution in [2.24, 2.45) is 45.8 Å². The van der Waals surface area contributed by atoms with E-state index < -0.39 is 5.79 Å². The average Bonchev–Trinajstić information content (AvgIpc) is 3.22. The number of aliphatic hydroxyl groups excluding tert-OH is 2. The van der Waals surface area contributed by atoms with Gasteiger partial charge in [-0.2, -0.15) is 0 Å². The van der Waals surface area contributed by atoms with E-state index in [-0.39, 0.29) is 18.1 Å². The standard InChI is InChI=1S/C28H44O4/c1-17-24-23(32-28(17)12-11-25(2,15-29)16-31-28)14-22-20-6-5-18-13-19(30)7-9-26(18,3)21(20)8-10-27(22,24)4/h5,17,19-24,29-30H,6-16H2,1-4H3. The Kier molecular flexibility index (Phi) is 4.87. The van der Waals surface area contributed by atoms with Gasteiger partial charge in [0.2, 0.25) is 0 Å². The topological polar surface area (TPSA) is 58.9 Å². The number of hydrogen-bond acceptors (Lipinski definition) is 4. The van der Waals surface area contributed by atoms with Crippen molar-refractivity contribution in [3.8, 4) is 0 Å². The molecule has 0 aromatic rings. The van der Waals surface area contributed by atoms with Crippen LogP contribution in [0, 0.1) is 45.8 Å². The minimum Gasteiger partial charge on any atom is -0.396 e. The highest BCUT2D eigenvalue weighted by Crippen LogP contribution is 2.70. The van der Waals surface area contributed by atoms with Crippen molar-refractivity contribution in [1.29, 1.82) is 0 Å². The van der Waals surface area contributed by atoms with Crippen molar-refractivity contribution in [3.05, 3.63) is 11.6 Å². The van der Waals surface area contributed by atoms with Gasteiger partial charge in [0.15, 0.2) is 5.79 Å². The van der Waals surface area contributed by atoms with E-state index in [1.807, 2.05) is 0 Å². The van der Waals surface area contributed by atoms with Crippen LogP contribution in [0.25, 0.3) is 0 Å². The molecule has 0 amide bonds. The SMILES string of the molecule is CC1C2C(CC3C4CC=C5CC(O)CCC5(C)C4CCC32C)OC12CCC(C)(CO)CO2. The maximum Gasteiger partial charge on any atom is 0.171 e. The summed E-state index contributed by atoms with van der Waals surface area (Å²) in [6.45, 7) is 10.4. The number of allylic oxidation sites excluding steroid dienone is 1. The largest absolute Gasteiger partial charge is 0.396 e. The van der Waals surface area contributed by atoms with Crippen LogP contribution in [0.4, 0.5) is 0 Å². The molecule has 2 N–H and O–H groups in total. The first kappa shape index (κ1) is 22.1. The monoisotopic (exact) mass is 444 g/mol. The lowest BCUT2D eigenvalue weighted by molar-refractivity contribution is -0.287. The molecule has 4 heteroatoms. The van der Waals surface area contributed by atoms with Crippen LogP contribution in [0.3, 0.4) is 0 Å². The predicted molar refractivity (Wildman–Crippen MR) is 124 cm³/mol. The smallest absolute Gasteiger partial charge is 0.171 e. The Labute approximate surface area is 194 Å². The van der Waals surface area contributed by atoms with Crippen molar-refractivity contribution >= 4 is 0 Å². The highest BCUT2D eigenvalue weighted by Gasteiger charge is 2.69. The molecule has 0 radical (unpaired) electrons. The van der Waals surface area contributed by atoms with Crippen molar-refractivity contribution < 1.29 is 19.7 Å². The summed E-state index contributed by atoms with van der Waals surface area (Å²) in [5, 5.41) is 20.1. The van der Waals surface area contributed by atoms with Gasteiger partial charge in [0.25, 0.3) is 0 Å². The van der Waals surface area contributed by atoms with Gasteiger partial charge in [0.05, 0.1) is 25.4 Å². The minimum atomic E-state index is -0.431. The summed E-state index contributed by atoms with van der Waals surface area (Å²) in [5.74, 6) is 2.84. The molecule has 11 atom stereocenters. The molecule has 5 fully saturated rings. The lowest BCUT2D eigenvalue weighted by Crippen LogP contribution is -2.53. The Morgan fingerprint density at radius 2 is 1.88 bits per heavy atom. The third-order valence-electron chi connectivity index (χ3n) is 11.9. The van der Waals surface area contributed by atoms with Crippen molar-refractivity contribution in [3.63, 3.8) is 0 Å². The van der Waals surface area contributed by atoms with Crippen LogP contribution in [0.1, 0.15) is 85.5 Å². The lowest BCUT2D eigenvalue weighted by atomic mass is 9.47. The lowest BCUT2D eigenvalue weighted by Gasteiger charge is -2.58. The quantitative estimate of drug-likeness (QED) is 0.554. The van der Waals surface area contributed by atoms with Gasteiger partial charge in [-0.25, -0.2) is 0 Å². The van der Waals surface area contributed by atoms with Crippen LogP contribution >= 0.6 is 0 Å². The molecule has 6 aliphatic rings. The molecule has 180 valence electrons. The Morgan fingerprint density at radius 3 is 2.59 bits per heavy atom. The van der Waals surface area contributed by atoms with Crippen LogP contribution in [0.2, 0.25) is 0 Å². The summed E-state index contributed by atoms with van der Waals surface area (Å²) in [6.07, 6.45) is 12.7. The van der Waals surface area contributed by atoms with Gasteiger partial charge in [-0.1, -0.05) is 39.3 Å². The third kappa shape index (κ3) is 2.82. The molecule has 2 aliphatic heterocycles. The van der Waals surface area contributed by atoms with Gasteiger partial charge in [-0.15, -0.1) is 0 Å². The summed E-state index contributed by atoms with van der Waals surface area (Å²) in [7, 11) is 0. The van der Waals surface area contributed by atoms with Crippen LogP contribution in [-0.4, -0.2) is 41.4 Å². The average molecular weight is 445 g/mol. The summed E-state index contributed by atoms with van der Waals surface area (Å²) in [4.78, 5) is 0. The fourth-order valence-electron chi connectivity index (χ4n) is 9.81. The summed E-state index contributed by atoms with van der Waals surface area (Å²) in [6, 6.07) is 0. The molecule has 0 bridgehead atoms. The molecule has 1 spiro atoms. The Bertz CT molecular complexity index is 797. The fourth-order valence-corrected chi connectivity index (χ4v) is 9.81. The van der Waals surface area contributed by atoms with E-state index in [0.717, 1.165) is 49.9 Å². The zero-order valence-electron chi connectivity index (χ0n) is 20.6. The van der Waals surface area contributed by atoms with Crippen molar-refractivity contribution in [2.75, 3.05) is 13.2 Å². The Hall–Kier alpha value is -0.420. The van der Waals surface area contributed by atoms with E-state index in [9.17, 15) is 10.2 Å². The summed E-state index contributed by atoms with van der Waals surface area (Å²) in [5.41, 5.74) is 2.08. The highest BCUT2D eigenvalue weighted by molar-refractivity contribution is 5.26. The van der Waals surface area contributed by atoms with Gasteiger partial charge in [-0.3, -0.25) is 0 Å². The number of rotatable bonds is 1. The molecule has 6 rings (SSSR count). The van der Waals surface area contributed by atoms with E-state index in [0.29, 0.717) is 35.4 Å². The van der Waals surface area contributed by atoms with Crippen LogP contribution in [0.15, 0.2) is 11.6 Å². The number of hydrogen-bond donors (Lipinski definition) is 2. The molecule has 32 heavy (non-hydrogen) atoms. The van der Waals surface area contributed by atoms with Crippen LogP contribution in [0.5, 0.6) is 0 Å². The molecule has 2 saturated heterocycles. The molecular weight excluding hydrogens is 400 g/mol. The molecular formula is C28H44O4. The normalized spacial score (nSPS) is 59.2. The van der Waals surface area contributed by atoms with Crippen molar-refractivity contribution in [1.82, 2.24) is 0 Å². The van der Waals surface area contributed by atoms with E-state index in [2.05, 4.69) is 33.8 Å². The molecule has 0 aromatic heterocycles. The van der Waals surface area contributed by atoms with Gasteiger partial charge in [0, 0.05) is 17.8 Å². The Balaban J connectivity index is 1.25. The van der Waals surface area contributed by atoms with E-state index in [4.69, 9.17) is 9.47 Å². The molecule has 11 unspecified atom stereocenters. The maximum atomic E-state index is 10.3. The summed E-state index contributed by atoms with van der Waals surface area (Å²) >= 11 is 0. The Morgan fingerprint density at radius 1 is 1.06 bits per heavy atom. The van der Waals surface area contributed by atoms with E-state index in [1.54, 1.807) is 5.57 Å². The molecule has 4 aliphatic carbocycles. The summed E-state index contributed by atoms with van der Waals surface area (Å²) < 4.78 is 13.4. The minimum absolute atomic E-state index is 0.119. The van der Waals surface area contributed by atoms with Gasteiger partial charge in [-0.05, 0) is 85.9 Å². The zero-order valence-corrected chi connectivity index (χ0v) is 20.6. The first-order chi connectivity index (χ1) is 15.1. The van der Waals surface area contributed by atoms with Gasteiger partial charge in [0.1, 0.15) is 0 Å². The molecule has 0 aromatic carbocycles. The number of ether oxygens (including phenoxy) is 2. The second-order valence-electron chi connectivity index (χ2n) is 13.5. The second-order valence-corrected chi connectivity index (χ2v) is 13.5. The molecule has 3 saturated carbocycles. The number of aliphatic hydroxyl groups is 2. The van der Waals surface area contributed by atoms with Crippen molar-refractivity contribution in [2.45, 2.75) is 103 Å². The fraction of sp³-hybridized carbons (Fsp3) is 0.929. The highest BCUT2D eigenvalue weighted by atomic mass is 16.7. The second kappa shape index (κ2) is 7.06. The van der Waals surface area contributed by atoms with Crippen LogP contribution < -0.4 is 0 Å². The third-order valence-corrected chi connectivity index (χ3v) is 11.9. The molecule has 4 nitrogen and oxygen atoms in total. The van der Waals surface area contributed by atoms with E-state index >= 15 is 0 Å². The van der Waals surface area contributed by atoms with Gasteiger partial charge >= 0.3 is 0 Å². The van der Waals surface area contributed by atoms with Gasteiger partial charge < -0.3 is 19.7 Å². The first-order valence-corrected chi connectivity index (χ1v) is 13.4. The van der Waals surface area contributed by atoms with E-state index in [1.165, 1.54) is 25.7 Å². The predicted octanol–water partition coefficient (Wildman–Crippen LogP) is 5.08. The maximum absolute atomic E-state index is 10.3. The molecule has 2 heterocycles. The number of fused-ring (bicyclic) bond motifs is 7. The van der Waals surface area contributed by atoms with Crippen LogP contribution in [-0.2, 0) is 9.47 Å².